The van der Waals surface area contributed by atoms with Gasteiger partial charge in [0.05, 0.1) is 20.6 Å². The van der Waals surface area contributed by atoms with Crippen molar-refractivity contribution in [1.29, 1.82) is 0 Å². The Kier molecular flexibility index (Phi) is 6.13. The van der Waals surface area contributed by atoms with Crippen LogP contribution in [0.5, 0.6) is 11.5 Å². The Morgan fingerprint density at radius 3 is 2.11 bits per heavy atom. The molecule has 1 aliphatic rings. The summed E-state index contributed by atoms with van der Waals surface area (Å²) in [5, 5.41) is 0. The van der Waals surface area contributed by atoms with E-state index in [1.54, 1.807) is 47.2 Å². The molecule has 2 amide bonds. The van der Waals surface area contributed by atoms with Crippen molar-refractivity contribution >= 4 is 11.8 Å². The Morgan fingerprint density at radius 1 is 0.893 bits per heavy atom. The molecule has 1 saturated heterocycles. The van der Waals surface area contributed by atoms with Gasteiger partial charge in [-0.05, 0) is 35.9 Å². The number of hydrogen-bond donors (Lipinski definition) is 0. The van der Waals surface area contributed by atoms with Gasteiger partial charge >= 0.3 is 0 Å². The van der Waals surface area contributed by atoms with Gasteiger partial charge in [0.1, 0.15) is 5.82 Å². The standard InChI is InChI=1S/C21H23FN2O4/c1-27-18-8-5-16(14-19(18)28-2)21(26)24-11-9-23(10-12-24)20(25)13-15-3-6-17(22)7-4-15/h3-8,14H,9-13H2,1-2H3. The number of rotatable bonds is 5. The molecule has 0 aliphatic carbocycles. The van der Waals surface area contributed by atoms with Crippen LogP contribution in [0, 0.1) is 5.82 Å². The number of benzene rings is 2. The molecule has 0 bridgehead atoms. The molecule has 1 heterocycles. The fourth-order valence-electron chi connectivity index (χ4n) is 3.20. The Morgan fingerprint density at radius 2 is 1.50 bits per heavy atom. The van der Waals surface area contributed by atoms with Gasteiger partial charge in [-0.3, -0.25) is 9.59 Å². The summed E-state index contributed by atoms with van der Waals surface area (Å²) in [4.78, 5) is 28.7. The zero-order chi connectivity index (χ0) is 20.1. The zero-order valence-electron chi connectivity index (χ0n) is 16.0. The lowest BCUT2D eigenvalue weighted by molar-refractivity contribution is -0.131. The first-order valence-corrected chi connectivity index (χ1v) is 9.05. The molecular formula is C21H23FN2O4. The second kappa shape index (κ2) is 8.73. The van der Waals surface area contributed by atoms with Crippen LogP contribution >= 0.6 is 0 Å². The predicted molar refractivity (Wildman–Crippen MR) is 102 cm³/mol. The van der Waals surface area contributed by atoms with Crippen molar-refractivity contribution in [3.63, 3.8) is 0 Å². The minimum atomic E-state index is -0.321. The monoisotopic (exact) mass is 386 g/mol. The van der Waals surface area contributed by atoms with Gasteiger partial charge in [-0.2, -0.15) is 0 Å². The smallest absolute Gasteiger partial charge is 0.254 e. The largest absolute Gasteiger partial charge is 0.493 e. The van der Waals surface area contributed by atoms with Gasteiger partial charge in [0.15, 0.2) is 11.5 Å². The zero-order valence-corrected chi connectivity index (χ0v) is 16.0. The van der Waals surface area contributed by atoms with Crippen molar-refractivity contribution in [2.45, 2.75) is 6.42 Å². The number of methoxy groups -OCH3 is 2. The molecule has 7 heteroatoms. The molecule has 6 nitrogen and oxygen atoms in total. The summed E-state index contributed by atoms with van der Waals surface area (Å²) in [7, 11) is 3.07. The summed E-state index contributed by atoms with van der Waals surface area (Å²) >= 11 is 0. The highest BCUT2D eigenvalue weighted by Gasteiger charge is 2.25. The van der Waals surface area contributed by atoms with E-state index in [4.69, 9.17) is 9.47 Å². The van der Waals surface area contributed by atoms with Crippen LogP contribution < -0.4 is 9.47 Å². The van der Waals surface area contributed by atoms with Crippen LogP contribution in [0.25, 0.3) is 0 Å². The quantitative estimate of drug-likeness (QED) is 0.792. The number of piperazine rings is 1. The molecule has 28 heavy (non-hydrogen) atoms. The maximum Gasteiger partial charge on any atom is 0.254 e. The minimum Gasteiger partial charge on any atom is -0.493 e. The highest BCUT2D eigenvalue weighted by atomic mass is 19.1. The Hall–Kier alpha value is -3.09. The number of hydrogen-bond acceptors (Lipinski definition) is 4. The van der Waals surface area contributed by atoms with Gasteiger partial charge in [-0.1, -0.05) is 12.1 Å². The van der Waals surface area contributed by atoms with Crippen LogP contribution in [-0.2, 0) is 11.2 Å². The Labute approximate surface area is 163 Å². The van der Waals surface area contributed by atoms with Crippen molar-refractivity contribution in [1.82, 2.24) is 9.80 Å². The lowest BCUT2D eigenvalue weighted by atomic mass is 10.1. The van der Waals surface area contributed by atoms with Crippen molar-refractivity contribution in [2.24, 2.45) is 0 Å². The van der Waals surface area contributed by atoms with Gasteiger partial charge in [-0.25, -0.2) is 4.39 Å². The second-order valence-electron chi connectivity index (χ2n) is 6.55. The lowest BCUT2D eigenvalue weighted by Crippen LogP contribution is -2.51. The Bertz CT molecular complexity index is 846. The maximum absolute atomic E-state index is 13.0. The van der Waals surface area contributed by atoms with E-state index in [1.807, 2.05) is 0 Å². The molecule has 2 aromatic rings. The fourth-order valence-corrected chi connectivity index (χ4v) is 3.20. The van der Waals surface area contributed by atoms with Gasteiger partial charge in [0.2, 0.25) is 5.91 Å². The van der Waals surface area contributed by atoms with E-state index < -0.39 is 0 Å². The van der Waals surface area contributed by atoms with E-state index >= 15 is 0 Å². The molecular weight excluding hydrogens is 363 g/mol. The average Bonchev–Trinajstić information content (AvgIpc) is 2.74. The van der Waals surface area contributed by atoms with Gasteiger partial charge < -0.3 is 19.3 Å². The first-order chi connectivity index (χ1) is 13.5. The molecule has 0 aromatic heterocycles. The summed E-state index contributed by atoms with van der Waals surface area (Å²) in [6.45, 7) is 1.86. The second-order valence-corrected chi connectivity index (χ2v) is 6.55. The van der Waals surface area contributed by atoms with E-state index in [0.717, 1.165) is 5.56 Å². The number of nitrogens with zero attached hydrogens (tertiary/aromatic N) is 2. The third-order valence-electron chi connectivity index (χ3n) is 4.82. The Balaban J connectivity index is 1.58. The van der Waals surface area contributed by atoms with Gasteiger partial charge in [0.25, 0.3) is 5.91 Å². The predicted octanol–water partition coefficient (Wildman–Crippen LogP) is 2.37. The highest BCUT2D eigenvalue weighted by molar-refractivity contribution is 5.95. The molecule has 0 atom stereocenters. The maximum atomic E-state index is 13.0. The molecule has 1 aliphatic heterocycles. The summed E-state index contributed by atoms with van der Waals surface area (Å²) in [5.74, 6) is 0.617. The molecule has 2 aromatic carbocycles. The SMILES string of the molecule is COc1ccc(C(=O)N2CCN(C(=O)Cc3ccc(F)cc3)CC2)cc1OC. The van der Waals surface area contributed by atoms with Crippen LogP contribution in [0.1, 0.15) is 15.9 Å². The van der Waals surface area contributed by atoms with Crippen molar-refractivity contribution in [3.8, 4) is 11.5 Å². The third-order valence-corrected chi connectivity index (χ3v) is 4.82. The van der Waals surface area contributed by atoms with Crippen LogP contribution in [-0.4, -0.2) is 62.0 Å². The molecule has 0 unspecified atom stereocenters. The lowest BCUT2D eigenvalue weighted by Gasteiger charge is -2.35. The fraction of sp³-hybridized carbons (Fsp3) is 0.333. The number of carbonyl (C=O) groups is 2. The molecule has 3 rings (SSSR count). The molecule has 0 saturated carbocycles. The average molecular weight is 386 g/mol. The normalized spacial score (nSPS) is 14.0. The van der Waals surface area contributed by atoms with Crippen LogP contribution in [0.3, 0.4) is 0 Å². The minimum absolute atomic E-state index is 0.0233. The topological polar surface area (TPSA) is 59.1 Å². The molecule has 1 fully saturated rings. The van der Waals surface area contributed by atoms with E-state index in [0.29, 0.717) is 43.2 Å². The van der Waals surface area contributed by atoms with E-state index in [2.05, 4.69) is 0 Å². The summed E-state index contributed by atoms with van der Waals surface area (Å²) in [6.07, 6.45) is 0.226. The van der Waals surface area contributed by atoms with Crippen LogP contribution in [0.2, 0.25) is 0 Å². The molecule has 0 spiro atoms. The van der Waals surface area contributed by atoms with Gasteiger partial charge in [-0.15, -0.1) is 0 Å². The van der Waals surface area contributed by atoms with Crippen LogP contribution in [0.15, 0.2) is 42.5 Å². The van der Waals surface area contributed by atoms with Crippen molar-refractivity contribution in [3.05, 3.63) is 59.4 Å². The highest BCUT2D eigenvalue weighted by Crippen LogP contribution is 2.28. The first kappa shape index (κ1) is 19.7. The van der Waals surface area contributed by atoms with E-state index in [9.17, 15) is 14.0 Å². The molecule has 0 radical (unpaired) electrons. The first-order valence-electron chi connectivity index (χ1n) is 9.05. The number of carbonyl (C=O) groups excluding carboxylic acids is 2. The van der Waals surface area contributed by atoms with Crippen LogP contribution in [0.4, 0.5) is 4.39 Å². The van der Waals surface area contributed by atoms with E-state index in [1.165, 1.54) is 19.2 Å². The number of halogens is 1. The van der Waals surface area contributed by atoms with Crippen molar-refractivity contribution < 1.29 is 23.5 Å². The molecule has 148 valence electrons. The molecule has 0 N–H and O–H groups in total. The summed E-state index contributed by atoms with van der Waals surface area (Å²) < 4.78 is 23.4. The summed E-state index contributed by atoms with van der Waals surface area (Å²) in [6, 6.07) is 11.0. The van der Waals surface area contributed by atoms with Crippen molar-refractivity contribution in [2.75, 3.05) is 40.4 Å². The van der Waals surface area contributed by atoms with E-state index in [-0.39, 0.29) is 24.1 Å². The number of amides is 2. The summed E-state index contributed by atoms with van der Waals surface area (Å²) in [5.41, 5.74) is 1.29. The third kappa shape index (κ3) is 4.42. The van der Waals surface area contributed by atoms with Gasteiger partial charge in [0, 0.05) is 31.7 Å². The number of ether oxygens (including phenoxy) is 2.